The minimum absolute atomic E-state index is 0.739. The predicted molar refractivity (Wildman–Crippen MR) is 77.7 cm³/mol. The summed E-state index contributed by atoms with van der Waals surface area (Å²) in [6.07, 6.45) is 3.27. The molecule has 0 aromatic carbocycles. The van der Waals surface area contributed by atoms with E-state index in [0.29, 0.717) is 0 Å². The van der Waals surface area contributed by atoms with Crippen molar-refractivity contribution in [1.29, 1.82) is 0 Å². The van der Waals surface area contributed by atoms with Gasteiger partial charge in [-0.25, -0.2) is 4.98 Å². The van der Waals surface area contributed by atoms with Gasteiger partial charge in [0.15, 0.2) is 4.96 Å². The van der Waals surface area contributed by atoms with Crippen molar-refractivity contribution in [2.75, 3.05) is 26.0 Å². The van der Waals surface area contributed by atoms with Crippen molar-refractivity contribution < 1.29 is 4.74 Å². The summed E-state index contributed by atoms with van der Waals surface area (Å²) in [6.45, 7) is 4.64. The molecule has 1 N–H and O–H groups in total. The molecule has 2 rings (SSSR count). The molecule has 0 bridgehead atoms. The molecule has 0 amide bonds. The van der Waals surface area contributed by atoms with Crippen molar-refractivity contribution in [1.82, 2.24) is 14.7 Å². The minimum Gasteiger partial charge on any atom is -0.383 e. The van der Waals surface area contributed by atoms with Crippen LogP contribution < -0.4 is 5.32 Å². The van der Waals surface area contributed by atoms with Crippen LogP contribution in [0.5, 0.6) is 0 Å². The Hall–Kier alpha value is -0.560. The van der Waals surface area contributed by atoms with Gasteiger partial charge in [-0.2, -0.15) is 0 Å². The molecule has 0 aliphatic rings. The molecular formula is C12H19N3OS2. The number of nitrogens with zero attached hydrogens (tertiary/aromatic N) is 2. The Labute approximate surface area is 116 Å². The summed E-state index contributed by atoms with van der Waals surface area (Å²) < 4.78 is 7.22. The van der Waals surface area contributed by atoms with E-state index in [4.69, 9.17) is 4.74 Å². The van der Waals surface area contributed by atoms with E-state index in [9.17, 15) is 0 Å². The van der Waals surface area contributed by atoms with Crippen LogP contribution >= 0.6 is 23.1 Å². The van der Waals surface area contributed by atoms with Crippen LogP contribution in [0.2, 0.25) is 0 Å². The van der Waals surface area contributed by atoms with Crippen LogP contribution in [0.1, 0.15) is 19.0 Å². The second-order valence-electron chi connectivity index (χ2n) is 3.94. The summed E-state index contributed by atoms with van der Waals surface area (Å²) in [5.41, 5.74) is 1.26. The number of ether oxygens (including phenoxy) is 1. The molecule has 0 fully saturated rings. The summed E-state index contributed by atoms with van der Waals surface area (Å²) >= 11 is 3.53. The van der Waals surface area contributed by atoms with E-state index < -0.39 is 0 Å². The Balaban J connectivity index is 2.08. The molecule has 0 aliphatic carbocycles. The van der Waals surface area contributed by atoms with E-state index in [-0.39, 0.29) is 0 Å². The molecule has 0 radical (unpaired) electrons. The van der Waals surface area contributed by atoms with Gasteiger partial charge < -0.3 is 10.1 Å². The molecule has 0 unspecified atom stereocenters. The van der Waals surface area contributed by atoms with Crippen LogP contribution in [0.3, 0.4) is 0 Å². The third kappa shape index (κ3) is 3.26. The molecule has 100 valence electrons. The number of imidazole rings is 1. The summed E-state index contributed by atoms with van der Waals surface area (Å²) in [6, 6.07) is 0. The number of aromatic nitrogens is 2. The van der Waals surface area contributed by atoms with Gasteiger partial charge in [0.25, 0.3) is 0 Å². The van der Waals surface area contributed by atoms with Crippen LogP contribution in [0.25, 0.3) is 4.96 Å². The Morgan fingerprint density at radius 2 is 2.44 bits per heavy atom. The molecule has 0 saturated carbocycles. The zero-order chi connectivity index (χ0) is 12.8. The van der Waals surface area contributed by atoms with Gasteiger partial charge >= 0.3 is 0 Å². The van der Waals surface area contributed by atoms with Gasteiger partial charge in [0.05, 0.1) is 12.3 Å². The molecule has 6 heteroatoms. The monoisotopic (exact) mass is 285 g/mol. The molecular weight excluding hydrogens is 266 g/mol. The fourth-order valence-corrected chi connectivity index (χ4v) is 3.35. The molecule has 0 saturated heterocycles. The highest BCUT2D eigenvalue weighted by Crippen LogP contribution is 2.26. The second-order valence-corrected chi connectivity index (χ2v) is 5.89. The van der Waals surface area contributed by atoms with Crippen LogP contribution in [0, 0.1) is 0 Å². The van der Waals surface area contributed by atoms with Gasteiger partial charge in [-0.05, 0) is 12.2 Å². The van der Waals surface area contributed by atoms with Crippen molar-refractivity contribution in [3.05, 3.63) is 17.3 Å². The number of fused-ring (bicyclic) bond motifs is 1. The van der Waals surface area contributed by atoms with Crippen LogP contribution in [0.15, 0.2) is 16.6 Å². The van der Waals surface area contributed by atoms with E-state index >= 15 is 0 Å². The summed E-state index contributed by atoms with van der Waals surface area (Å²) in [5, 5.41) is 6.63. The summed E-state index contributed by atoms with van der Waals surface area (Å²) in [4.78, 5) is 5.76. The lowest BCUT2D eigenvalue weighted by molar-refractivity contribution is 0.199. The number of thiazole rings is 1. The first kappa shape index (κ1) is 13.9. The van der Waals surface area contributed by atoms with Gasteiger partial charge in [0.2, 0.25) is 0 Å². The molecule has 18 heavy (non-hydrogen) atoms. The van der Waals surface area contributed by atoms with E-state index in [2.05, 4.69) is 33.2 Å². The first-order valence-electron chi connectivity index (χ1n) is 6.13. The van der Waals surface area contributed by atoms with Gasteiger partial charge in [-0.15, -0.1) is 23.1 Å². The summed E-state index contributed by atoms with van der Waals surface area (Å²) in [5.74, 6) is 1.12. The van der Waals surface area contributed by atoms with Gasteiger partial charge in [0.1, 0.15) is 5.03 Å². The fraction of sp³-hybridized carbons (Fsp3) is 0.583. The largest absolute Gasteiger partial charge is 0.383 e. The molecule has 0 aliphatic heterocycles. The van der Waals surface area contributed by atoms with Crippen molar-refractivity contribution in [2.24, 2.45) is 0 Å². The standard InChI is InChI=1S/C12H19N3OS2/c1-3-7-17-11-10(9-13-4-6-16-2)15-5-8-18-12(15)14-11/h5,8,13H,3-4,6-7,9H2,1-2H3. The molecule has 2 aromatic rings. The van der Waals surface area contributed by atoms with Crippen molar-refractivity contribution in [2.45, 2.75) is 24.9 Å². The van der Waals surface area contributed by atoms with Crippen LogP contribution in [-0.4, -0.2) is 35.4 Å². The highest BCUT2D eigenvalue weighted by molar-refractivity contribution is 7.99. The maximum atomic E-state index is 5.04. The predicted octanol–water partition coefficient (Wildman–Crippen LogP) is 2.63. The van der Waals surface area contributed by atoms with E-state index in [1.807, 2.05) is 11.8 Å². The Kier molecular flexibility index (Phi) is 5.49. The molecule has 0 atom stereocenters. The Morgan fingerprint density at radius 3 is 3.22 bits per heavy atom. The maximum absolute atomic E-state index is 5.04. The highest BCUT2D eigenvalue weighted by atomic mass is 32.2. The lowest BCUT2D eigenvalue weighted by Gasteiger charge is -2.05. The van der Waals surface area contributed by atoms with Gasteiger partial charge in [-0.1, -0.05) is 6.92 Å². The minimum atomic E-state index is 0.739. The normalized spacial score (nSPS) is 11.4. The number of nitrogens with one attached hydrogen (secondary N) is 1. The second kappa shape index (κ2) is 7.13. The van der Waals surface area contributed by atoms with Gasteiger partial charge in [0, 0.05) is 31.8 Å². The molecule has 0 spiro atoms. The van der Waals surface area contributed by atoms with Crippen molar-refractivity contribution >= 4 is 28.1 Å². The number of thioether (sulfide) groups is 1. The smallest absolute Gasteiger partial charge is 0.194 e. The zero-order valence-electron chi connectivity index (χ0n) is 10.8. The van der Waals surface area contributed by atoms with E-state index in [0.717, 1.165) is 35.4 Å². The maximum Gasteiger partial charge on any atom is 0.194 e. The Bertz CT molecular complexity index is 481. The number of rotatable bonds is 8. The lowest BCUT2D eigenvalue weighted by atomic mass is 10.4. The van der Waals surface area contributed by atoms with E-state index in [1.165, 1.54) is 12.1 Å². The summed E-state index contributed by atoms with van der Waals surface area (Å²) in [7, 11) is 1.72. The topological polar surface area (TPSA) is 38.6 Å². The average molecular weight is 285 g/mol. The lowest BCUT2D eigenvalue weighted by Crippen LogP contribution is -2.19. The van der Waals surface area contributed by atoms with E-state index in [1.54, 1.807) is 18.4 Å². The third-order valence-electron chi connectivity index (χ3n) is 2.54. The van der Waals surface area contributed by atoms with Crippen molar-refractivity contribution in [3.63, 3.8) is 0 Å². The molecule has 2 heterocycles. The third-order valence-corrected chi connectivity index (χ3v) is 4.51. The Morgan fingerprint density at radius 1 is 1.56 bits per heavy atom. The number of hydrogen-bond acceptors (Lipinski definition) is 5. The zero-order valence-corrected chi connectivity index (χ0v) is 12.4. The highest BCUT2D eigenvalue weighted by Gasteiger charge is 2.12. The number of hydrogen-bond donors (Lipinski definition) is 1. The first-order chi connectivity index (χ1) is 8.86. The van der Waals surface area contributed by atoms with Crippen LogP contribution in [-0.2, 0) is 11.3 Å². The van der Waals surface area contributed by atoms with Crippen molar-refractivity contribution in [3.8, 4) is 0 Å². The van der Waals surface area contributed by atoms with Gasteiger partial charge in [-0.3, -0.25) is 4.40 Å². The average Bonchev–Trinajstić information content (AvgIpc) is 2.93. The number of methoxy groups -OCH3 is 1. The fourth-order valence-electron chi connectivity index (χ4n) is 1.67. The first-order valence-corrected chi connectivity index (χ1v) is 8.00. The van der Waals surface area contributed by atoms with Crippen LogP contribution in [0.4, 0.5) is 0 Å². The SMILES string of the molecule is CCCSc1nc2sccn2c1CNCCOC. The molecule has 2 aromatic heterocycles. The quantitative estimate of drug-likeness (QED) is 0.598. The molecule has 4 nitrogen and oxygen atoms in total.